The Morgan fingerprint density at radius 1 is 1.28 bits per heavy atom. The number of nitrogens with two attached hydrogens (primary N) is 1. The second-order valence-corrected chi connectivity index (χ2v) is 9.39. The van der Waals surface area contributed by atoms with Crippen LogP contribution in [-0.4, -0.2) is 46.6 Å². The summed E-state index contributed by atoms with van der Waals surface area (Å²) < 4.78 is 23.9. The largest absolute Gasteiger partial charge is 0.371 e. The number of anilines is 1. The van der Waals surface area contributed by atoms with E-state index in [2.05, 4.69) is 31.7 Å². The minimum absolute atomic E-state index is 0.109. The molecule has 5 N–H and O–H groups in total. The molecule has 11 heteroatoms. The number of nitrogens with zero attached hydrogens (tertiary/aromatic N) is 3. The standard InChI is InChI=1S/C21H25N7O3S/c1-23-21-18-19(28(2)12-25-18)15-10-16(26-20(15)27-21)14-6-3-5-13(9-14)11-24-17(29)7-4-8-32(22,30)31/h3,5-6,9-10,12H,4,7-8,11H2,1-2H3,(H,24,29)(H2,22,30,31)(H2,23,26,27). The lowest BCUT2D eigenvalue weighted by atomic mass is 10.1. The summed E-state index contributed by atoms with van der Waals surface area (Å²) in [5.74, 6) is 0.288. The van der Waals surface area contributed by atoms with Crippen LogP contribution < -0.4 is 15.8 Å². The van der Waals surface area contributed by atoms with Gasteiger partial charge in [-0.1, -0.05) is 18.2 Å². The van der Waals surface area contributed by atoms with E-state index in [4.69, 9.17) is 5.14 Å². The van der Waals surface area contributed by atoms with E-state index < -0.39 is 10.0 Å². The van der Waals surface area contributed by atoms with Crippen LogP contribution in [0, 0.1) is 0 Å². The average Bonchev–Trinajstić information content (AvgIpc) is 3.34. The van der Waals surface area contributed by atoms with Crippen molar-refractivity contribution in [3.05, 3.63) is 42.2 Å². The normalized spacial score (nSPS) is 11.8. The predicted octanol–water partition coefficient (Wildman–Crippen LogP) is 1.84. The van der Waals surface area contributed by atoms with Gasteiger partial charge in [-0.15, -0.1) is 0 Å². The maximum absolute atomic E-state index is 12.0. The molecule has 32 heavy (non-hydrogen) atoms. The topological polar surface area (TPSA) is 148 Å². The highest BCUT2D eigenvalue weighted by atomic mass is 32.2. The fourth-order valence-corrected chi connectivity index (χ4v) is 4.25. The van der Waals surface area contributed by atoms with Gasteiger partial charge in [0.05, 0.1) is 17.6 Å². The van der Waals surface area contributed by atoms with E-state index in [1.54, 1.807) is 6.33 Å². The number of nitrogens with one attached hydrogen (secondary N) is 3. The molecule has 0 fully saturated rings. The number of hydrogen-bond donors (Lipinski definition) is 4. The Morgan fingerprint density at radius 3 is 2.84 bits per heavy atom. The Labute approximate surface area is 185 Å². The number of primary sulfonamides is 1. The molecule has 0 unspecified atom stereocenters. The van der Waals surface area contributed by atoms with Gasteiger partial charge in [0, 0.05) is 38.1 Å². The van der Waals surface area contributed by atoms with Crippen LogP contribution in [0.15, 0.2) is 36.7 Å². The van der Waals surface area contributed by atoms with Crippen LogP contribution in [-0.2, 0) is 28.4 Å². The van der Waals surface area contributed by atoms with E-state index in [0.29, 0.717) is 12.4 Å². The van der Waals surface area contributed by atoms with Crippen molar-refractivity contribution in [2.75, 3.05) is 18.1 Å². The first-order chi connectivity index (χ1) is 15.2. The molecule has 1 aromatic carbocycles. The van der Waals surface area contributed by atoms with Gasteiger partial charge in [0.2, 0.25) is 15.9 Å². The number of carbonyl (C=O) groups excluding carboxylic acids is 1. The van der Waals surface area contributed by atoms with Crippen molar-refractivity contribution in [2.24, 2.45) is 12.2 Å². The zero-order chi connectivity index (χ0) is 22.9. The second-order valence-electron chi connectivity index (χ2n) is 7.66. The first-order valence-electron chi connectivity index (χ1n) is 10.1. The monoisotopic (exact) mass is 455 g/mol. The molecule has 1 amide bonds. The van der Waals surface area contributed by atoms with Gasteiger partial charge in [-0.05, 0) is 29.7 Å². The SMILES string of the molecule is CNc1nc2[nH]c(-c3cccc(CNC(=O)CCCS(N)(=O)=O)c3)cc2c2c1ncn2C. The molecule has 3 heterocycles. The number of carbonyl (C=O) groups is 1. The van der Waals surface area contributed by atoms with Gasteiger partial charge in [-0.2, -0.15) is 0 Å². The van der Waals surface area contributed by atoms with Crippen molar-refractivity contribution < 1.29 is 13.2 Å². The quantitative estimate of drug-likeness (QED) is 0.319. The van der Waals surface area contributed by atoms with Crippen molar-refractivity contribution in [2.45, 2.75) is 19.4 Å². The Bertz CT molecular complexity index is 1410. The number of fused-ring (bicyclic) bond motifs is 3. The van der Waals surface area contributed by atoms with Gasteiger partial charge >= 0.3 is 0 Å². The molecule has 0 saturated carbocycles. The summed E-state index contributed by atoms with van der Waals surface area (Å²) in [4.78, 5) is 24.5. The summed E-state index contributed by atoms with van der Waals surface area (Å²) in [6.07, 6.45) is 2.08. The highest BCUT2D eigenvalue weighted by Gasteiger charge is 2.15. The molecular formula is C21H25N7O3S. The summed E-state index contributed by atoms with van der Waals surface area (Å²) in [6.45, 7) is 0.344. The molecule has 4 rings (SSSR count). The first kappa shape index (κ1) is 21.8. The Morgan fingerprint density at radius 2 is 2.09 bits per heavy atom. The molecular weight excluding hydrogens is 430 g/mol. The predicted molar refractivity (Wildman–Crippen MR) is 124 cm³/mol. The van der Waals surface area contributed by atoms with E-state index >= 15 is 0 Å². The number of pyridine rings is 1. The number of aryl methyl sites for hydroxylation is 1. The molecule has 168 valence electrons. The van der Waals surface area contributed by atoms with Crippen molar-refractivity contribution in [1.29, 1.82) is 0 Å². The minimum atomic E-state index is -3.55. The Balaban J connectivity index is 1.54. The molecule has 0 saturated heterocycles. The number of H-pyrrole nitrogens is 1. The van der Waals surface area contributed by atoms with Gasteiger partial charge < -0.3 is 20.2 Å². The fraction of sp³-hybridized carbons (Fsp3) is 0.286. The first-order valence-corrected chi connectivity index (χ1v) is 11.8. The van der Waals surface area contributed by atoms with Crippen molar-refractivity contribution in [3.63, 3.8) is 0 Å². The minimum Gasteiger partial charge on any atom is -0.371 e. The van der Waals surface area contributed by atoms with E-state index in [-0.39, 0.29) is 24.5 Å². The number of sulfonamides is 1. The summed E-state index contributed by atoms with van der Waals surface area (Å²) >= 11 is 0. The van der Waals surface area contributed by atoms with Crippen LogP contribution >= 0.6 is 0 Å². The van der Waals surface area contributed by atoms with Gasteiger partial charge in [0.1, 0.15) is 11.2 Å². The summed E-state index contributed by atoms with van der Waals surface area (Å²) in [7, 11) is 0.220. The Hall–Kier alpha value is -3.44. The zero-order valence-corrected chi connectivity index (χ0v) is 18.7. The summed E-state index contributed by atoms with van der Waals surface area (Å²) in [5.41, 5.74) is 5.36. The lowest BCUT2D eigenvalue weighted by Crippen LogP contribution is -2.24. The van der Waals surface area contributed by atoms with E-state index in [9.17, 15) is 13.2 Å². The second kappa shape index (κ2) is 8.60. The average molecular weight is 456 g/mol. The third-order valence-electron chi connectivity index (χ3n) is 5.23. The number of imidazole rings is 1. The van der Waals surface area contributed by atoms with Crippen LogP contribution in [0.25, 0.3) is 33.3 Å². The van der Waals surface area contributed by atoms with Crippen molar-refractivity contribution >= 4 is 43.8 Å². The van der Waals surface area contributed by atoms with E-state index in [0.717, 1.165) is 38.9 Å². The number of aromatic nitrogens is 4. The van der Waals surface area contributed by atoms with Crippen molar-refractivity contribution in [3.8, 4) is 11.3 Å². The van der Waals surface area contributed by atoms with Crippen LogP contribution in [0.3, 0.4) is 0 Å². The van der Waals surface area contributed by atoms with Gasteiger partial charge in [-0.3, -0.25) is 4.79 Å². The number of benzene rings is 1. The van der Waals surface area contributed by atoms with E-state index in [1.807, 2.05) is 42.9 Å². The third-order valence-corrected chi connectivity index (χ3v) is 6.09. The molecule has 0 atom stereocenters. The van der Waals surface area contributed by atoms with Crippen LogP contribution in [0.2, 0.25) is 0 Å². The lowest BCUT2D eigenvalue weighted by Gasteiger charge is -2.07. The zero-order valence-electron chi connectivity index (χ0n) is 17.8. The molecule has 4 aromatic rings. The number of amides is 1. The summed E-state index contributed by atoms with van der Waals surface area (Å²) in [5, 5.41) is 11.8. The molecule has 0 aliphatic rings. The molecule has 0 aliphatic carbocycles. The van der Waals surface area contributed by atoms with Crippen LogP contribution in [0.4, 0.5) is 5.82 Å². The third kappa shape index (κ3) is 4.58. The summed E-state index contributed by atoms with van der Waals surface area (Å²) in [6, 6.07) is 9.88. The smallest absolute Gasteiger partial charge is 0.220 e. The lowest BCUT2D eigenvalue weighted by molar-refractivity contribution is -0.121. The number of hydrogen-bond acceptors (Lipinski definition) is 6. The highest BCUT2D eigenvalue weighted by Crippen LogP contribution is 2.31. The van der Waals surface area contributed by atoms with Crippen LogP contribution in [0.1, 0.15) is 18.4 Å². The maximum Gasteiger partial charge on any atom is 0.220 e. The molecule has 0 aliphatic heterocycles. The fourth-order valence-electron chi connectivity index (χ4n) is 3.70. The van der Waals surface area contributed by atoms with Gasteiger partial charge in [-0.25, -0.2) is 23.5 Å². The van der Waals surface area contributed by atoms with Crippen molar-refractivity contribution in [1.82, 2.24) is 24.8 Å². The molecule has 0 bridgehead atoms. The highest BCUT2D eigenvalue weighted by molar-refractivity contribution is 7.89. The molecule has 3 aromatic heterocycles. The number of rotatable bonds is 8. The Kier molecular flexibility index (Phi) is 5.85. The molecule has 0 radical (unpaired) electrons. The molecule has 10 nitrogen and oxygen atoms in total. The van der Waals surface area contributed by atoms with Crippen LogP contribution in [0.5, 0.6) is 0 Å². The van der Waals surface area contributed by atoms with Gasteiger partial charge in [0.15, 0.2) is 5.82 Å². The molecule has 0 spiro atoms. The number of aromatic amines is 1. The van der Waals surface area contributed by atoms with Gasteiger partial charge in [0.25, 0.3) is 0 Å². The van der Waals surface area contributed by atoms with E-state index in [1.165, 1.54) is 0 Å². The maximum atomic E-state index is 12.0.